The summed E-state index contributed by atoms with van der Waals surface area (Å²) in [6, 6.07) is 2.09. The monoisotopic (exact) mass is 196 g/mol. The fourth-order valence-electron chi connectivity index (χ4n) is 1.37. The van der Waals surface area contributed by atoms with Crippen molar-refractivity contribution in [2.45, 2.75) is 34.2 Å². The third-order valence-corrected chi connectivity index (χ3v) is 2.00. The van der Waals surface area contributed by atoms with Crippen LogP contribution in [0, 0.1) is 19.8 Å². The van der Waals surface area contributed by atoms with Crippen molar-refractivity contribution in [1.82, 2.24) is 9.78 Å². The molecule has 0 unspecified atom stereocenters. The Morgan fingerprint density at radius 3 is 2.64 bits per heavy atom. The molecule has 0 aliphatic heterocycles. The molecule has 0 aliphatic rings. The molecule has 0 saturated heterocycles. The highest BCUT2D eigenvalue weighted by Gasteiger charge is 2.00. The van der Waals surface area contributed by atoms with Gasteiger partial charge in [-0.05, 0) is 25.8 Å². The Balaban J connectivity index is 2.28. The molecule has 0 atom stereocenters. The Bertz CT molecular complexity index is 279. The van der Waals surface area contributed by atoms with Crippen LogP contribution in [0.15, 0.2) is 6.07 Å². The van der Waals surface area contributed by atoms with E-state index < -0.39 is 0 Å². The van der Waals surface area contributed by atoms with E-state index >= 15 is 0 Å². The predicted molar refractivity (Wildman–Crippen MR) is 57.4 cm³/mol. The minimum Gasteiger partial charge on any atom is -0.379 e. The molecule has 0 aliphatic carbocycles. The SMILES string of the molecule is Cc1cc(C)n(CCOCC(C)C)n1. The van der Waals surface area contributed by atoms with Crippen LogP contribution in [-0.4, -0.2) is 23.0 Å². The molecule has 14 heavy (non-hydrogen) atoms. The van der Waals surface area contributed by atoms with Crippen LogP contribution in [0.5, 0.6) is 0 Å². The molecule has 0 radical (unpaired) electrons. The second-order valence-corrected chi connectivity index (χ2v) is 4.12. The molecule has 1 aromatic heterocycles. The minimum absolute atomic E-state index is 0.607. The van der Waals surface area contributed by atoms with E-state index in [4.69, 9.17) is 4.74 Å². The summed E-state index contributed by atoms with van der Waals surface area (Å²) in [5, 5.41) is 4.36. The van der Waals surface area contributed by atoms with Gasteiger partial charge in [0.1, 0.15) is 0 Å². The van der Waals surface area contributed by atoms with Gasteiger partial charge in [0.2, 0.25) is 0 Å². The lowest BCUT2D eigenvalue weighted by Gasteiger charge is -2.07. The van der Waals surface area contributed by atoms with Crippen LogP contribution in [0.1, 0.15) is 25.2 Å². The molecule has 0 bridgehead atoms. The zero-order valence-corrected chi connectivity index (χ0v) is 9.58. The molecule has 0 spiro atoms. The largest absolute Gasteiger partial charge is 0.379 e. The molecule has 0 N–H and O–H groups in total. The van der Waals surface area contributed by atoms with E-state index in [9.17, 15) is 0 Å². The Kier molecular flexibility index (Phi) is 4.14. The van der Waals surface area contributed by atoms with Gasteiger partial charge in [0, 0.05) is 12.3 Å². The molecule has 3 nitrogen and oxygen atoms in total. The first-order valence-electron chi connectivity index (χ1n) is 5.18. The lowest BCUT2D eigenvalue weighted by atomic mass is 10.2. The van der Waals surface area contributed by atoms with Crippen LogP contribution in [0.3, 0.4) is 0 Å². The van der Waals surface area contributed by atoms with E-state index in [1.165, 1.54) is 5.69 Å². The third-order valence-electron chi connectivity index (χ3n) is 2.00. The van der Waals surface area contributed by atoms with E-state index in [1.54, 1.807) is 0 Å². The van der Waals surface area contributed by atoms with Gasteiger partial charge in [-0.15, -0.1) is 0 Å². The maximum absolute atomic E-state index is 5.50. The zero-order valence-electron chi connectivity index (χ0n) is 9.58. The smallest absolute Gasteiger partial charge is 0.0662 e. The highest BCUT2D eigenvalue weighted by Crippen LogP contribution is 2.01. The average molecular weight is 196 g/mol. The first-order valence-corrected chi connectivity index (χ1v) is 5.18. The minimum atomic E-state index is 0.607. The molecule has 0 amide bonds. The highest BCUT2D eigenvalue weighted by molar-refractivity contribution is 5.06. The van der Waals surface area contributed by atoms with Gasteiger partial charge < -0.3 is 4.74 Å². The molecule has 80 valence electrons. The van der Waals surface area contributed by atoms with Crippen molar-refractivity contribution < 1.29 is 4.74 Å². The molecular formula is C11H20N2O. The second kappa shape index (κ2) is 5.15. The first-order chi connectivity index (χ1) is 6.59. The summed E-state index contributed by atoms with van der Waals surface area (Å²) in [5.41, 5.74) is 2.28. The molecule has 0 aromatic carbocycles. The number of nitrogens with zero attached hydrogens (tertiary/aromatic N) is 2. The van der Waals surface area contributed by atoms with E-state index in [-0.39, 0.29) is 0 Å². The van der Waals surface area contributed by atoms with Crippen LogP contribution in [0.4, 0.5) is 0 Å². The topological polar surface area (TPSA) is 27.1 Å². The van der Waals surface area contributed by atoms with Gasteiger partial charge >= 0.3 is 0 Å². The van der Waals surface area contributed by atoms with Gasteiger partial charge in [-0.3, -0.25) is 4.68 Å². The number of rotatable bonds is 5. The van der Waals surface area contributed by atoms with Crippen LogP contribution in [-0.2, 0) is 11.3 Å². The Morgan fingerprint density at radius 2 is 2.14 bits per heavy atom. The van der Waals surface area contributed by atoms with Gasteiger partial charge in [0.15, 0.2) is 0 Å². The van der Waals surface area contributed by atoms with Gasteiger partial charge in [-0.1, -0.05) is 13.8 Å². The quantitative estimate of drug-likeness (QED) is 0.675. The van der Waals surface area contributed by atoms with E-state index in [0.717, 1.165) is 25.5 Å². The molecular weight excluding hydrogens is 176 g/mol. The Labute approximate surface area is 86.1 Å². The number of hydrogen-bond donors (Lipinski definition) is 0. The summed E-state index contributed by atoms with van der Waals surface area (Å²) in [5.74, 6) is 0.607. The van der Waals surface area contributed by atoms with Crippen molar-refractivity contribution in [2.24, 2.45) is 5.92 Å². The third kappa shape index (κ3) is 3.50. The van der Waals surface area contributed by atoms with Crippen LogP contribution in [0.2, 0.25) is 0 Å². The second-order valence-electron chi connectivity index (χ2n) is 4.12. The summed E-state index contributed by atoms with van der Waals surface area (Å²) in [7, 11) is 0. The summed E-state index contributed by atoms with van der Waals surface area (Å²) in [4.78, 5) is 0. The maximum Gasteiger partial charge on any atom is 0.0662 e. The molecule has 1 rings (SSSR count). The van der Waals surface area contributed by atoms with Gasteiger partial charge in [0.05, 0.1) is 18.8 Å². The van der Waals surface area contributed by atoms with Gasteiger partial charge in [0.25, 0.3) is 0 Å². The molecule has 1 aromatic rings. The molecule has 0 saturated carbocycles. The molecule has 3 heteroatoms. The zero-order chi connectivity index (χ0) is 10.6. The van der Waals surface area contributed by atoms with Crippen molar-refractivity contribution in [3.8, 4) is 0 Å². The number of ether oxygens (including phenoxy) is 1. The fraction of sp³-hybridized carbons (Fsp3) is 0.727. The van der Waals surface area contributed by atoms with Crippen molar-refractivity contribution in [3.63, 3.8) is 0 Å². The van der Waals surface area contributed by atoms with Crippen molar-refractivity contribution in [3.05, 3.63) is 17.5 Å². The van der Waals surface area contributed by atoms with Gasteiger partial charge in [-0.25, -0.2) is 0 Å². The lowest BCUT2D eigenvalue weighted by molar-refractivity contribution is 0.100. The standard InChI is InChI=1S/C11H20N2O/c1-9(2)8-14-6-5-13-11(4)7-10(3)12-13/h7,9H,5-6,8H2,1-4H3. The first kappa shape index (κ1) is 11.2. The normalized spacial score (nSPS) is 11.2. The van der Waals surface area contributed by atoms with Crippen LogP contribution < -0.4 is 0 Å². The van der Waals surface area contributed by atoms with Gasteiger partial charge in [-0.2, -0.15) is 5.10 Å². The van der Waals surface area contributed by atoms with Crippen LogP contribution in [0.25, 0.3) is 0 Å². The number of aromatic nitrogens is 2. The molecule has 0 fully saturated rings. The van der Waals surface area contributed by atoms with E-state index in [0.29, 0.717) is 5.92 Å². The van der Waals surface area contributed by atoms with E-state index in [1.807, 2.05) is 11.6 Å². The van der Waals surface area contributed by atoms with Crippen molar-refractivity contribution >= 4 is 0 Å². The number of hydrogen-bond acceptors (Lipinski definition) is 2. The highest BCUT2D eigenvalue weighted by atomic mass is 16.5. The van der Waals surface area contributed by atoms with Crippen LogP contribution >= 0.6 is 0 Å². The van der Waals surface area contributed by atoms with Crippen molar-refractivity contribution in [2.75, 3.05) is 13.2 Å². The predicted octanol–water partition coefficient (Wildman–Crippen LogP) is 2.17. The average Bonchev–Trinajstić information content (AvgIpc) is 2.39. The fourth-order valence-corrected chi connectivity index (χ4v) is 1.37. The molecule has 1 heterocycles. The Morgan fingerprint density at radius 1 is 1.43 bits per heavy atom. The summed E-state index contributed by atoms with van der Waals surface area (Å²) in [6.07, 6.45) is 0. The summed E-state index contributed by atoms with van der Waals surface area (Å²) < 4.78 is 7.50. The Hall–Kier alpha value is -0.830. The lowest BCUT2D eigenvalue weighted by Crippen LogP contribution is -2.11. The van der Waals surface area contributed by atoms with E-state index in [2.05, 4.69) is 31.9 Å². The maximum atomic E-state index is 5.50. The summed E-state index contributed by atoms with van der Waals surface area (Å²) >= 11 is 0. The number of aryl methyl sites for hydroxylation is 2. The summed E-state index contributed by atoms with van der Waals surface area (Å²) in [6.45, 7) is 10.8. The van der Waals surface area contributed by atoms with Crippen molar-refractivity contribution in [1.29, 1.82) is 0 Å².